The van der Waals surface area contributed by atoms with E-state index in [1.807, 2.05) is 24.3 Å². The van der Waals surface area contributed by atoms with Gasteiger partial charge in [-0.25, -0.2) is 4.68 Å². The number of nitrogens with zero attached hydrogens (tertiary/aromatic N) is 4. The molecule has 1 aromatic carbocycles. The molecular formula is C19H25N5O2. The Bertz CT molecular complexity index is 746. The molecule has 1 heterocycles. The molecule has 26 heavy (non-hydrogen) atoms. The third-order valence-corrected chi connectivity index (χ3v) is 5.94. The van der Waals surface area contributed by atoms with Crippen molar-refractivity contribution in [3.05, 3.63) is 30.6 Å². The molecule has 5 atom stereocenters. The molecule has 0 saturated heterocycles. The maximum atomic E-state index is 12.5. The first kappa shape index (κ1) is 17.0. The second kappa shape index (κ2) is 7.05. The summed E-state index contributed by atoms with van der Waals surface area (Å²) >= 11 is 0. The molecule has 1 N–H and O–H groups in total. The Morgan fingerprint density at radius 1 is 1.23 bits per heavy atom. The number of nitrogens with one attached hydrogen (secondary N) is 1. The Morgan fingerprint density at radius 2 is 2.04 bits per heavy atom. The van der Waals surface area contributed by atoms with Crippen LogP contribution in [-0.2, 0) is 4.79 Å². The summed E-state index contributed by atoms with van der Waals surface area (Å²) < 4.78 is 7.37. The van der Waals surface area contributed by atoms with Crippen LogP contribution in [0.4, 0.5) is 0 Å². The van der Waals surface area contributed by atoms with E-state index in [4.69, 9.17) is 4.74 Å². The van der Waals surface area contributed by atoms with E-state index in [1.165, 1.54) is 32.0 Å². The highest BCUT2D eigenvalue weighted by Crippen LogP contribution is 2.49. The minimum Gasteiger partial charge on any atom is -0.481 e. The van der Waals surface area contributed by atoms with Crippen LogP contribution in [0, 0.1) is 17.8 Å². The number of carbonyl (C=O) groups is 1. The van der Waals surface area contributed by atoms with Gasteiger partial charge in [0.15, 0.2) is 6.10 Å². The summed E-state index contributed by atoms with van der Waals surface area (Å²) in [6.45, 7) is 3.93. The summed E-state index contributed by atoms with van der Waals surface area (Å²) in [5.74, 6) is 2.91. The average Bonchev–Trinajstić information content (AvgIpc) is 3.40. The van der Waals surface area contributed by atoms with Crippen LogP contribution in [0.15, 0.2) is 30.6 Å². The Morgan fingerprint density at radius 3 is 2.65 bits per heavy atom. The van der Waals surface area contributed by atoms with E-state index in [9.17, 15) is 4.79 Å². The van der Waals surface area contributed by atoms with E-state index in [2.05, 4.69) is 27.8 Å². The van der Waals surface area contributed by atoms with Gasteiger partial charge in [0.25, 0.3) is 5.91 Å². The smallest absolute Gasteiger partial charge is 0.260 e. The maximum Gasteiger partial charge on any atom is 0.260 e. The van der Waals surface area contributed by atoms with Crippen LogP contribution in [0.2, 0.25) is 0 Å². The minimum atomic E-state index is -0.532. The van der Waals surface area contributed by atoms with Crippen LogP contribution in [0.1, 0.15) is 39.5 Å². The molecule has 2 aromatic rings. The summed E-state index contributed by atoms with van der Waals surface area (Å²) in [4.78, 5) is 12.5. The first-order valence-electron chi connectivity index (χ1n) is 9.40. The van der Waals surface area contributed by atoms with Crippen LogP contribution < -0.4 is 10.1 Å². The van der Waals surface area contributed by atoms with Gasteiger partial charge in [-0.15, -0.1) is 5.10 Å². The van der Waals surface area contributed by atoms with Crippen LogP contribution in [-0.4, -0.2) is 38.3 Å². The van der Waals surface area contributed by atoms with Crippen molar-refractivity contribution in [3.8, 4) is 11.4 Å². The number of hydrogen-bond acceptors (Lipinski definition) is 5. The van der Waals surface area contributed by atoms with Crippen molar-refractivity contribution >= 4 is 5.91 Å². The highest BCUT2D eigenvalue weighted by atomic mass is 16.5. The monoisotopic (exact) mass is 355 g/mol. The Hall–Kier alpha value is -2.44. The number of carbonyl (C=O) groups excluding carboxylic acids is 1. The maximum absolute atomic E-state index is 12.5. The number of hydrogen-bond donors (Lipinski definition) is 1. The molecule has 2 fully saturated rings. The third-order valence-electron chi connectivity index (χ3n) is 5.94. The second-order valence-corrected chi connectivity index (χ2v) is 7.64. The Labute approximate surface area is 153 Å². The molecule has 0 radical (unpaired) electrons. The normalized spacial score (nSPS) is 26.5. The lowest BCUT2D eigenvalue weighted by atomic mass is 9.84. The molecule has 0 aliphatic heterocycles. The molecule has 2 aliphatic rings. The zero-order chi connectivity index (χ0) is 18.1. The molecule has 1 aromatic heterocycles. The minimum absolute atomic E-state index is 0.0511. The average molecular weight is 355 g/mol. The van der Waals surface area contributed by atoms with E-state index in [1.54, 1.807) is 11.6 Å². The van der Waals surface area contributed by atoms with Crippen LogP contribution in [0.25, 0.3) is 5.69 Å². The van der Waals surface area contributed by atoms with Crippen molar-refractivity contribution in [2.75, 3.05) is 0 Å². The zero-order valence-corrected chi connectivity index (χ0v) is 15.2. The van der Waals surface area contributed by atoms with Crippen LogP contribution in [0.3, 0.4) is 0 Å². The zero-order valence-electron chi connectivity index (χ0n) is 15.2. The van der Waals surface area contributed by atoms with E-state index >= 15 is 0 Å². The summed E-state index contributed by atoms with van der Waals surface area (Å²) in [5.41, 5.74) is 0.837. The van der Waals surface area contributed by atoms with Crippen molar-refractivity contribution in [2.45, 2.75) is 51.7 Å². The molecule has 1 amide bonds. The molecule has 0 unspecified atom stereocenters. The lowest BCUT2D eigenvalue weighted by molar-refractivity contribution is -0.128. The fourth-order valence-corrected chi connectivity index (χ4v) is 4.57. The van der Waals surface area contributed by atoms with E-state index in [0.29, 0.717) is 11.7 Å². The van der Waals surface area contributed by atoms with Gasteiger partial charge in [0.1, 0.15) is 12.1 Å². The van der Waals surface area contributed by atoms with Crippen molar-refractivity contribution in [1.82, 2.24) is 25.5 Å². The molecule has 2 aliphatic carbocycles. The molecule has 2 saturated carbocycles. The van der Waals surface area contributed by atoms with Gasteiger partial charge in [0.2, 0.25) is 0 Å². The van der Waals surface area contributed by atoms with Crippen molar-refractivity contribution in [3.63, 3.8) is 0 Å². The molecule has 7 nitrogen and oxygen atoms in total. The fraction of sp³-hybridized carbons (Fsp3) is 0.579. The summed E-state index contributed by atoms with van der Waals surface area (Å²) in [5, 5.41) is 14.2. The van der Waals surface area contributed by atoms with Gasteiger partial charge >= 0.3 is 0 Å². The van der Waals surface area contributed by atoms with Crippen LogP contribution in [0.5, 0.6) is 5.75 Å². The molecule has 0 spiro atoms. The number of benzene rings is 1. The van der Waals surface area contributed by atoms with Gasteiger partial charge in [-0.05, 0) is 85.6 Å². The van der Waals surface area contributed by atoms with E-state index in [-0.39, 0.29) is 11.9 Å². The van der Waals surface area contributed by atoms with Gasteiger partial charge < -0.3 is 10.1 Å². The number of fused-ring (bicyclic) bond motifs is 2. The topological polar surface area (TPSA) is 81.9 Å². The predicted octanol–water partition coefficient (Wildman–Crippen LogP) is 2.37. The first-order valence-corrected chi connectivity index (χ1v) is 9.40. The summed E-state index contributed by atoms with van der Waals surface area (Å²) in [6, 6.07) is 7.56. The fourth-order valence-electron chi connectivity index (χ4n) is 4.57. The van der Waals surface area contributed by atoms with Gasteiger partial charge in [0.05, 0.1) is 5.69 Å². The SMILES string of the molecule is C[C@H](Oc1ccc(-n2cnnn2)cc1)C(=O)N[C@@H](C)[C@@H]1C[C@H]2CC[C@H]1C2. The van der Waals surface area contributed by atoms with Gasteiger partial charge in [0, 0.05) is 6.04 Å². The molecule has 7 heteroatoms. The number of ether oxygens (including phenoxy) is 1. The standard InChI is InChI=1S/C19H25N5O2/c1-12(18-10-14-3-4-15(18)9-14)21-19(25)13(2)26-17-7-5-16(6-8-17)24-11-20-22-23-24/h5-8,11-15,18H,3-4,9-10H2,1-2H3,(H,21,25)/t12-,13-,14-,15-,18-/m0/s1. The number of aromatic nitrogens is 4. The quantitative estimate of drug-likeness (QED) is 0.860. The number of rotatable bonds is 6. The van der Waals surface area contributed by atoms with E-state index < -0.39 is 6.10 Å². The molecule has 2 bridgehead atoms. The Kier molecular flexibility index (Phi) is 4.61. The predicted molar refractivity (Wildman–Crippen MR) is 95.8 cm³/mol. The Balaban J connectivity index is 1.31. The van der Waals surface area contributed by atoms with Gasteiger partial charge in [-0.3, -0.25) is 4.79 Å². The first-order chi connectivity index (χ1) is 12.6. The van der Waals surface area contributed by atoms with Crippen molar-refractivity contribution in [2.24, 2.45) is 17.8 Å². The van der Waals surface area contributed by atoms with Crippen molar-refractivity contribution in [1.29, 1.82) is 0 Å². The highest BCUT2D eigenvalue weighted by molar-refractivity contribution is 5.81. The highest BCUT2D eigenvalue weighted by Gasteiger charge is 2.42. The van der Waals surface area contributed by atoms with Crippen molar-refractivity contribution < 1.29 is 9.53 Å². The summed E-state index contributed by atoms with van der Waals surface area (Å²) in [7, 11) is 0. The third kappa shape index (κ3) is 3.43. The summed E-state index contributed by atoms with van der Waals surface area (Å²) in [6.07, 6.45) is 6.32. The molecule has 4 rings (SSSR count). The molecular weight excluding hydrogens is 330 g/mol. The lowest BCUT2D eigenvalue weighted by Crippen LogP contribution is -2.45. The van der Waals surface area contributed by atoms with Gasteiger partial charge in [-0.2, -0.15) is 0 Å². The second-order valence-electron chi connectivity index (χ2n) is 7.64. The van der Waals surface area contributed by atoms with Gasteiger partial charge in [-0.1, -0.05) is 6.42 Å². The number of tetrazole rings is 1. The van der Waals surface area contributed by atoms with Crippen LogP contribution >= 0.6 is 0 Å². The lowest BCUT2D eigenvalue weighted by Gasteiger charge is -2.29. The number of amides is 1. The largest absolute Gasteiger partial charge is 0.481 e. The van der Waals surface area contributed by atoms with E-state index in [0.717, 1.165) is 17.5 Å². The molecule has 138 valence electrons.